The fourth-order valence-electron chi connectivity index (χ4n) is 2.61. The molecule has 7 heteroatoms. The molecule has 1 atom stereocenters. The van der Waals surface area contributed by atoms with E-state index < -0.39 is 6.04 Å². The zero-order valence-corrected chi connectivity index (χ0v) is 15.4. The highest BCUT2D eigenvalue weighted by atomic mass is 32.2. The number of amides is 2. The molecule has 0 aliphatic carbocycles. The first-order valence-corrected chi connectivity index (χ1v) is 9.27. The lowest BCUT2D eigenvalue weighted by molar-refractivity contribution is -0.135. The number of ether oxygens (including phenoxy) is 2. The summed E-state index contributed by atoms with van der Waals surface area (Å²) < 4.78 is 10.6. The molecule has 1 aromatic rings. The quantitative estimate of drug-likeness (QED) is 0.836. The van der Waals surface area contributed by atoms with Gasteiger partial charge in [-0.15, -0.1) is 11.8 Å². The third-order valence-electron chi connectivity index (χ3n) is 3.78. The van der Waals surface area contributed by atoms with Crippen LogP contribution in [0.5, 0.6) is 11.5 Å². The summed E-state index contributed by atoms with van der Waals surface area (Å²) in [6, 6.07) is 5.07. The van der Waals surface area contributed by atoms with Crippen molar-refractivity contribution in [3.8, 4) is 11.5 Å². The molecule has 2 aliphatic heterocycles. The van der Waals surface area contributed by atoms with E-state index in [1.165, 1.54) is 6.08 Å². The molecule has 2 aliphatic rings. The van der Waals surface area contributed by atoms with E-state index in [4.69, 9.17) is 9.47 Å². The molecule has 0 radical (unpaired) electrons. The Hall–Kier alpha value is -2.15. The first kappa shape index (κ1) is 17.7. The van der Waals surface area contributed by atoms with Gasteiger partial charge in [0.1, 0.15) is 6.04 Å². The SMILES string of the molecule is CC(C)(C)NC(=O)C1CSCN1C(=O)/C=C/c1ccc2c(c1)OCO2. The van der Waals surface area contributed by atoms with Crippen LogP contribution in [-0.2, 0) is 9.59 Å². The molecule has 134 valence electrons. The molecule has 3 rings (SSSR count). The minimum absolute atomic E-state index is 0.109. The van der Waals surface area contributed by atoms with Crippen LogP contribution in [0.4, 0.5) is 0 Å². The minimum Gasteiger partial charge on any atom is -0.454 e. The Labute approximate surface area is 151 Å². The number of nitrogens with zero attached hydrogens (tertiary/aromatic N) is 1. The van der Waals surface area contributed by atoms with Gasteiger partial charge in [0.2, 0.25) is 18.6 Å². The van der Waals surface area contributed by atoms with Crippen LogP contribution in [0.1, 0.15) is 26.3 Å². The number of carbonyl (C=O) groups excluding carboxylic acids is 2. The van der Waals surface area contributed by atoms with Gasteiger partial charge in [-0.05, 0) is 44.5 Å². The largest absolute Gasteiger partial charge is 0.454 e. The molecule has 1 fully saturated rings. The molecule has 0 aromatic heterocycles. The summed E-state index contributed by atoms with van der Waals surface area (Å²) in [6.45, 7) is 6.01. The number of carbonyl (C=O) groups is 2. The molecular weight excluding hydrogens is 340 g/mol. The maximum atomic E-state index is 12.5. The molecule has 0 saturated carbocycles. The van der Waals surface area contributed by atoms with Crippen LogP contribution in [0.15, 0.2) is 24.3 Å². The number of fused-ring (bicyclic) bond motifs is 1. The van der Waals surface area contributed by atoms with E-state index in [2.05, 4.69) is 5.32 Å². The Kier molecular flexibility index (Phi) is 4.94. The van der Waals surface area contributed by atoms with Gasteiger partial charge in [-0.25, -0.2) is 0 Å². The Morgan fingerprint density at radius 2 is 2.04 bits per heavy atom. The van der Waals surface area contributed by atoms with Crippen LogP contribution in [0, 0.1) is 0 Å². The topological polar surface area (TPSA) is 67.9 Å². The third-order valence-corrected chi connectivity index (χ3v) is 4.79. The molecule has 6 nitrogen and oxygen atoms in total. The monoisotopic (exact) mass is 362 g/mol. The second-order valence-corrected chi connectivity index (χ2v) is 8.01. The zero-order chi connectivity index (χ0) is 18.0. The van der Waals surface area contributed by atoms with Crippen molar-refractivity contribution < 1.29 is 19.1 Å². The van der Waals surface area contributed by atoms with E-state index in [9.17, 15) is 9.59 Å². The van der Waals surface area contributed by atoms with Crippen molar-refractivity contribution in [3.63, 3.8) is 0 Å². The van der Waals surface area contributed by atoms with Crippen molar-refractivity contribution >= 4 is 29.7 Å². The van der Waals surface area contributed by atoms with Gasteiger partial charge in [0.05, 0.1) is 5.88 Å². The Morgan fingerprint density at radius 1 is 1.28 bits per heavy atom. The summed E-state index contributed by atoms with van der Waals surface area (Å²) in [5, 5.41) is 2.95. The number of thioether (sulfide) groups is 1. The molecule has 1 aromatic carbocycles. The predicted molar refractivity (Wildman–Crippen MR) is 97.5 cm³/mol. The Balaban J connectivity index is 1.66. The van der Waals surface area contributed by atoms with Gasteiger partial charge in [-0.3, -0.25) is 9.59 Å². The van der Waals surface area contributed by atoms with E-state index in [-0.39, 0.29) is 24.1 Å². The van der Waals surface area contributed by atoms with Gasteiger partial charge in [-0.1, -0.05) is 6.07 Å². The first-order chi connectivity index (χ1) is 11.8. The summed E-state index contributed by atoms with van der Waals surface area (Å²) in [4.78, 5) is 26.5. The average molecular weight is 362 g/mol. The Morgan fingerprint density at radius 3 is 2.80 bits per heavy atom. The standard InChI is InChI=1S/C18H22N2O4S/c1-18(2,3)19-17(22)13-9-25-10-20(13)16(21)7-5-12-4-6-14-15(8-12)24-11-23-14/h4-8,13H,9-11H2,1-3H3,(H,19,22)/b7-5+. The maximum Gasteiger partial charge on any atom is 0.247 e. The molecule has 2 heterocycles. The van der Waals surface area contributed by atoms with Crippen LogP contribution in [0.2, 0.25) is 0 Å². The van der Waals surface area contributed by atoms with Crippen molar-refractivity contribution in [3.05, 3.63) is 29.8 Å². The van der Waals surface area contributed by atoms with Crippen molar-refractivity contribution in [2.75, 3.05) is 18.4 Å². The predicted octanol–water partition coefficient (Wildman–Crippen LogP) is 2.24. The third kappa shape index (κ3) is 4.28. The van der Waals surface area contributed by atoms with E-state index in [0.29, 0.717) is 23.1 Å². The highest BCUT2D eigenvalue weighted by Gasteiger charge is 2.35. The number of rotatable bonds is 3. The van der Waals surface area contributed by atoms with E-state index in [1.807, 2.05) is 39.0 Å². The van der Waals surface area contributed by atoms with E-state index in [0.717, 1.165) is 5.56 Å². The second kappa shape index (κ2) is 7.00. The van der Waals surface area contributed by atoms with Crippen LogP contribution in [0.3, 0.4) is 0 Å². The van der Waals surface area contributed by atoms with E-state index >= 15 is 0 Å². The maximum absolute atomic E-state index is 12.5. The zero-order valence-electron chi connectivity index (χ0n) is 14.6. The van der Waals surface area contributed by atoms with Crippen molar-refractivity contribution in [2.24, 2.45) is 0 Å². The van der Waals surface area contributed by atoms with Gasteiger partial charge in [-0.2, -0.15) is 0 Å². The average Bonchev–Trinajstić information content (AvgIpc) is 3.19. The smallest absolute Gasteiger partial charge is 0.247 e. The van der Waals surface area contributed by atoms with Crippen molar-refractivity contribution in [1.82, 2.24) is 10.2 Å². The normalized spacial score (nSPS) is 19.5. The highest BCUT2D eigenvalue weighted by Crippen LogP contribution is 2.32. The first-order valence-electron chi connectivity index (χ1n) is 8.11. The van der Waals surface area contributed by atoms with Crippen LogP contribution >= 0.6 is 11.8 Å². The molecule has 0 spiro atoms. The molecule has 1 unspecified atom stereocenters. The fraction of sp³-hybridized carbons (Fsp3) is 0.444. The summed E-state index contributed by atoms with van der Waals surface area (Å²) >= 11 is 1.58. The van der Waals surface area contributed by atoms with Crippen LogP contribution in [0.25, 0.3) is 6.08 Å². The molecule has 2 amide bonds. The lowest BCUT2D eigenvalue weighted by Crippen LogP contribution is -2.52. The van der Waals surface area contributed by atoms with Crippen molar-refractivity contribution in [2.45, 2.75) is 32.4 Å². The summed E-state index contributed by atoms with van der Waals surface area (Å²) in [5.74, 6) is 2.24. The second-order valence-electron chi connectivity index (χ2n) is 7.01. The number of hydrogen-bond donors (Lipinski definition) is 1. The van der Waals surface area contributed by atoms with Gasteiger partial charge in [0.25, 0.3) is 0 Å². The van der Waals surface area contributed by atoms with Gasteiger partial charge < -0.3 is 19.7 Å². The number of hydrogen-bond acceptors (Lipinski definition) is 5. The van der Waals surface area contributed by atoms with Crippen LogP contribution in [-0.4, -0.2) is 46.7 Å². The Bertz CT molecular complexity index is 712. The van der Waals surface area contributed by atoms with Crippen LogP contribution < -0.4 is 14.8 Å². The minimum atomic E-state index is -0.432. The number of benzene rings is 1. The highest BCUT2D eigenvalue weighted by molar-refractivity contribution is 7.99. The van der Waals surface area contributed by atoms with Gasteiger partial charge in [0, 0.05) is 17.4 Å². The summed E-state index contributed by atoms with van der Waals surface area (Å²) in [5.41, 5.74) is 0.529. The lowest BCUT2D eigenvalue weighted by atomic mass is 10.1. The molecule has 1 saturated heterocycles. The summed E-state index contributed by atoms with van der Waals surface area (Å²) in [7, 11) is 0. The molecule has 1 N–H and O–H groups in total. The molecule has 25 heavy (non-hydrogen) atoms. The summed E-state index contributed by atoms with van der Waals surface area (Å²) in [6.07, 6.45) is 3.23. The van der Waals surface area contributed by atoms with Gasteiger partial charge in [0.15, 0.2) is 11.5 Å². The number of nitrogens with one attached hydrogen (secondary N) is 1. The van der Waals surface area contributed by atoms with Crippen molar-refractivity contribution in [1.29, 1.82) is 0 Å². The fourth-order valence-corrected chi connectivity index (χ4v) is 3.77. The van der Waals surface area contributed by atoms with Gasteiger partial charge >= 0.3 is 0 Å². The van der Waals surface area contributed by atoms with E-state index in [1.54, 1.807) is 22.7 Å². The lowest BCUT2D eigenvalue weighted by Gasteiger charge is -2.27. The molecule has 0 bridgehead atoms. The molecular formula is C18H22N2O4S.